The lowest BCUT2D eigenvalue weighted by Crippen LogP contribution is -2.21. The number of carbonyl (C=O) groups excluding carboxylic acids is 1. The lowest BCUT2D eigenvalue weighted by Gasteiger charge is -2.26. The van der Waals surface area contributed by atoms with Gasteiger partial charge in [0.05, 0.1) is 9.40 Å². The first-order valence-electron chi connectivity index (χ1n) is 15.4. The normalized spacial score (nSPS) is 17.1. The highest BCUT2D eigenvalue weighted by Gasteiger charge is 2.51. The van der Waals surface area contributed by atoms with Crippen LogP contribution in [-0.4, -0.2) is 5.78 Å². The Morgan fingerprint density at radius 2 is 1.33 bits per heavy atom. The van der Waals surface area contributed by atoms with E-state index in [-0.39, 0.29) is 23.0 Å². The van der Waals surface area contributed by atoms with Crippen molar-refractivity contribution in [2.75, 3.05) is 0 Å². The van der Waals surface area contributed by atoms with Crippen LogP contribution in [0.1, 0.15) is 75.6 Å². The van der Waals surface area contributed by atoms with E-state index in [1.165, 1.54) is 16.2 Å². The summed E-state index contributed by atoms with van der Waals surface area (Å²) in [4.78, 5) is 17.2. The molecule has 0 unspecified atom stereocenters. The van der Waals surface area contributed by atoms with Crippen molar-refractivity contribution in [1.29, 1.82) is 10.5 Å². The smallest absolute Gasteiger partial charge is 0.194 e. The molecular weight excluding hydrogens is 679 g/mol. The number of aryl methyl sites for hydroxylation is 1. The van der Waals surface area contributed by atoms with Crippen molar-refractivity contribution in [3.8, 4) is 33.0 Å². The third kappa shape index (κ3) is 3.55. The van der Waals surface area contributed by atoms with Gasteiger partial charge >= 0.3 is 0 Å². The Morgan fingerprint density at radius 1 is 0.792 bits per heavy atom. The largest absolute Gasteiger partial charge is 0.289 e. The number of carbonyl (C=O) groups is 1. The number of thiophene rings is 4. The summed E-state index contributed by atoms with van der Waals surface area (Å²) in [5.41, 5.74) is 3.98. The standard InChI is InChI=1S/C39H24F2N2OS4/c1-16-12-22-34(45-16)29-36(47-22)25-27(38(29,2)3)32(41)26-28(31(25)40)39(4,5)30-35-23(48-37(26)30)13-18(46-35)10-11-21-24(17(14-42)15-43)19-8-6-7-9-20(19)33(21)44/h6-9,11-13H,10H2,1-5H3/b21-11-. The van der Waals surface area contributed by atoms with Crippen molar-refractivity contribution in [2.24, 2.45) is 0 Å². The Hall–Kier alpha value is -4.25. The van der Waals surface area contributed by atoms with E-state index in [9.17, 15) is 15.3 Å². The Bertz CT molecular complexity index is 2660. The third-order valence-electron chi connectivity index (χ3n) is 10.2. The van der Waals surface area contributed by atoms with Crippen LogP contribution < -0.4 is 0 Å². The first-order valence-corrected chi connectivity index (χ1v) is 18.7. The average molecular weight is 703 g/mol. The first kappa shape index (κ1) is 29.9. The van der Waals surface area contributed by atoms with Crippen LogP contribution in [-0.2, 0) is 17.3 Å². The molecule has 0 bridgehead atoms. The van der Waals surface area contributed by atoms with Gasteiger partial charge in [-0.05, 0) is 35.7 Å². The molecule has 4 aromatic heterocycles. The van der Waals surface area contributed by atoms with Crippen LogP contribution in [0.2, 0.25) is 0 Å². The molecule has 0 fully saturated rings. The van der Waals surface area contributed by atoms with Crippen LogP contribution in [0.15, 0.2) is 53.6 Å². The van der Waals surface area contributed by atoms with Gasteiger partial charge < -0.3 is 0 Å². The number of nitriles is 2. The molecule has 2 aromatic carbocycles. The van der Waals surface area contributed by atoms with E-state index in [4.69, 9.17) is 0 Å². The topological polar surface area (TPSA) is 64.7 Å². The summed E-state index contributed by atoms with van der Waals surface area (Å²) in [6, 6.07) is 15.2. The molecule has 6 aromatic rings. The zero-order chi connectivity index (χ0) is 33.6. The molecule has 48 heavy (non-hydrogen) atoms. The van der Waals surface area contributed by atoms with E-state index in [1.807, 2.05) is 39.8 Å². The molecule has 0 radical (unpaired) electrons. The van der Waals surface area contributed by atoms with Gasteiger partial charge in [-0.2, -0.15) is 10.5 Å². The van der Waals surface area contributed by atoms with Crippen molar-refractivity contribution < 1.29 is 13.6 Å². The number of benzene rings is 2. The van der Waals surface area contributed by atoms with Gasteiger partial charge in [-0.3, -0.25) is 4.79 Å². The van der Waals surface area contributed by atoms with Crippen molar-refractivity contribution >= 4 is 75.5 Å². The number of hydrogen-bond acceptors (Lipinski definition) is 7. The number of allylic oxidation sites excluding steroid dienone is 4. The molecule has 0 atom stereocenters. The fraction of sp³-hybridized carbons (Fsp3) is 0.205. The maximum atomic E-state index is 17.1. The van der Waals surface area contributed by atoms with E-state index < -0.39 is 10.8 Å². The highest BCUT2D eigenvalue weighted by Crippen LogP contribution is 2.65. The van der Waals surface area contributed by atoms with Gasteiger partial charge in [0.25, 0.3) is 0 Å². The van der Waals surface area contributed by atoms with Crippen molar-refractivity contribution in [2.45, 2.75) is 51.9 Å². The number of nitrogens with zero attached hydrogens (tertiary/aromatic N) is 2. The Balaban J connectivity index is 1.17. The number of ketones is 1. The van der Waals surface area contributed by atoms with Crippen molar-refractivity contribution in [1.82, 2.24) is 0 Å². The van der Waals surface area contributed by atoms with E-state index in [1.54, 1.807) is 64.4 Å². The van der Waals surface area contributed by atoms with Crippen LogP contribution in [0, 0.1) is 41.2 Å². The quantitative estimate of drug-likeness (QED) is 0.133. The zero-order valence-corrected chi connectivity index (χ0v) is 29.7. The number of halogens is 2. The second-order valence-electron chi connectivity index (χ2n) is 13.6. The van der Waals surface area contributed by atoms with Crippen LogP contribution in [0.5, 0.6) is 0 Å². The molecule has 234 valence electrons. The Morgan fingerprint density at radius 3 is 1.92 bits per heavy atom. The van der Waals surface area contributed by atoms with E-state index in [0.717, 1.165) is 44.6 Å². The molecule has 4 heterocycles. The van der Waals surface area contributed by atoms with Gasteiger partial charge in [0.1, 0.15) is 29.3 Å². The minimum Gasteiger partial charge on any atom is -0.289 e. The first-order chi connectivity index (χ1) is 22.9. The van der Waals surface area contributed by atoms with Crippen LogP contribution in [0.3, 0.4) is 0 Å². The van der Waals surface area contributed by atoms with Gasteiger partial charge in [0, 0.05) is 85.1 Å². The SMILES string of the molecule is Cc1cc2sc3c(c2s1)C(C)(C)c1c(F)c2c(c(F)c1-3)C(C)(C)c1c-2sc2cc(C/C=C3\C(=O)c4ccccc4C3=C(C#N)C#N)sc12. The molecule has 0 saturated carbocycles. The molecule has 0 N–H and O–H groups in total. The summed E-state index contributed by atoms with van der Waals surface area (Å²) in [7, 11) is 0. The summed E-state index contributed by atoms with van der Waals surface area (Å²) in [5.74, 6) is -0.831. The monoisotopic (exact) mass is 702 g/mol. The summed E-state index contributed by atoms with van der Waals surface area (Å²) in [5, 5.41) is 19.3. The van der Waals surface area contributed by atoms with Crippen LogP contribution >= 0.6 is 45.3 Å². The second kappa shape index (κ2) is 9.68. The molecule has 0 amide bonds. The number of rotatable bonds is 2. The van der Waals surface area contributed by atoms with E-state index in [0.29, 0.717) is 50.9 Å². The number of fused-ring (bicyclic) bond motifs is 11. The summed E-state index contributed by atoms with van der Waals surface area (Å²) in [6.45, 7) is 10.1. The predicted octanol–water partition coefficient (Wildman–Crippen LogP) is 11.6. The molecule has 0 aliphatic heterocycles. The van der Waals surface area contributed by atoms with Crippen molar-refractivity contribution in [3.63, 3.8) is 0 Å². The molecule has 3 aliphatic rings. The number of hydrogen-bond donors (Lipinski definition) is 0. The average Bonchev–Trinajstić information content (AvgIpc) is 3.86. The highest BCUT2D eigenvalue weighted by molar-refractivity contribution is 7.30. The van der Waals surface area contributed by atoms with E-state index in [2.05, 4.69) is 19.1 Å². The molecule has 9 heteroatoms. The predicted molar refractivity (Wildman–Crippen MR) is 193 cm³/mol. The van der Waals surface area contributed by atoms with Gasteiger partial charge in [-0.15, -0.1) is 45.3 Å². The van der Waals surface area contributed by atoms with Crippen LogP contribution in [0.4, 0.5) is 8.78 Å². The lowest BCUT2D eigenvalue weighted by atomic mass is 9.78. The molecule has 3 aliphatic carbocycles. The summed E-state index contributed by atoms with van der Waals surface area (Å²) < 4.78 is 38.5. The molecule has 0 saturated heterocycles. The van der Waals surface area contributed by atoms with Crippen LogP contribution in [0.25, 0.3) is 45.3 Å². The summed E-state index contributed by atoms with van der Waals surface area (Å²) in [6.07, 6.45) is 2.22. The Labute approximate surface area is 291 Å². The zero-order valence-electron chi connectivity index (χ0n) is 26.4. The molecule has 3 nitrogen and oxygen atoms in total. The highest BCUT2D eigenvalue weighted by atomic mass is 32.1. The molecular formula is C39H24F2N2OS4. The lowest BCUT2D eigenvalue weighted by molar-refractivity contribution is 0.104. The second-order valence-corrected chi connectivity index (χ2v) is 18.1. The Kier molecular flexibility index (Phi) is 6.02. The number of Topliss-reactive ketones (excluding diaryl/α,β-unsaturated/α-hetero) is 1. The third-order valence-corrected chi connectivity index (χ3v) is 15.0. The fourth-order valence-electron chi connectivity index (χ4n) is 8.18. The molecule has 0 spiro atoms. The van der Waals surface area contributed by atoms with E-state index >= 15 is 8.78 Å². The summed E-state index contributed by atoms with van der Waals surface area (Å²) >= 11 is 6.34. The van der Waals surface area contributed by atoms with Crippen molar-refractivity contribution in [3.05, 3.63) is 108 Å². The fourth-order valence-corrected chi connectivity index (χ4v) is 14.1. The minimum atomic E-state index is -0.769. The molecule has 9 rings (SSSR count). The maximum Gasteiger partial charge on any atom is 0.194 e. The van der Waals surface area contributed by atoms with Gasteiger partial charge in [0.2, 0.25) is 0 Å². The van der Waals surface area contributed by atoms with Gasteiger partial charge in [-0.25, -0.2) is 8.78 Å². The van der Waals surface area contributed by atoms with Gasteiger partial charge in [-0.1, -0.05) is 58.0 Å². The van der Waals surface area contributed by atoms with Gasteiger partial charge in [0.15, 0.2) is 5.78 Å². The maximum absolute atomic E-state index is 17.1. The minimum absolute atomic E-state index is 0.0900.